The van der Waals surface area contributed by atoms with Gasteiger partial charge in [-0.3, -0.25) is 9.59 Å². The largest absolute Gasteiger partial charge is 0.353 e. The van der Waals surface area contributed by atoms with E-state index in [1.54, 1.807) is 29.2 Å². The van der Waals surface area contributed by atoms with Crippen molar-refractivity contribution < 1.29 is 9.59 Å². The van der Waals surface area contributed by atoms with E-state index in [9.17, 15) is 9.59 Å². The SMILES string of the molecule is CC[C@@H](C)CN(CC(=O)N1CCCN(c2ccc(-c3ccccc3)nn2)CC1)C(=O)c1ccc(Cl)cc1. The summed E-state index contributed by atoms with van der Waals surface area (Å²) in [4.78, 5) is 32.3. The average Bonchev–Trinajstić information content (AvgIpc) is 3.20. The van der Waals surface area contributed by atoms with Crippen molar-refractivity contribution in [1.29, 1.82) is 0 Å². The lowest BCUT2D eigenvalue weighted by Gasteiger charge is -2.29. The van der Waals surface area contributed by atoms with Crippen molar-refractivity contribution in [2.24, 2.45) is 5.92 Å². The Bertz CT molecular complexity index is 1170. The molecule has 2 heterocycles. The van der Waals surface area contributed by atoms with Gasteiger partial charge in [0, 0.05) is 48.9 Å². The summed E-state index contributed by atoms with van der Waals surface area (Å²) in [5.41, 5.74) is 2.41. The molecule has 0 unspecified atom stereocenters. The summed E-state index contributed by atoms with van der Waals surface area (Å²) in [5.74, 6) is 0.930. The average molecular weight is 520 g/mol. The predicted molar refractivity (Wildman–Crippen MR) is 148 cm³/mol. The zero-order chi connectivity index (χ0) is 26.2. The Morgan fingerprint density at radius 2 is 1.70 bits per heavy atom. The minimum Gasteiger partial charge on any atom is -0.353 e. The number of nitrogens with zero attached hydrogens (tertiary/aromatic N) is 5. The maximum atomic E-state index is 13.3. The number of hydrogen-bond donors (Lipinski definition) is 0. The molecule has 1 aliphatic rings. The number of carbonyl (C=O) groups is 2. The van der Waals surface area contributed by atoms with Crippen molar-refractivity contribution in [3.05, 3.63) is 77.3 Å². The van der Waals surface area contributed by atoms with Crippen molar-refractivity contribution in [3.8, 4) is 11.3 Å². The molecular formula is C29H34ClN5O2. The number of aromatic nitrogens is 2. The van der Waals surface area contributed by atoms with Crippen LogP contribution in [0.4, 0.5) is 5.82 Å². The fraction of sp³-hybridized carbons (Fsp3) is 0.379. The highest BCUT2D eigenvalue weighted by Gasteiger charge is 2.25. The second kappa shape index (κ2) is 12.7. The number of amides is 2. The first-order valence-corrected chi connectivity index (χ1v) is 13.3. The molecule has 2 aromatic carbocycles. The van der Waals surface area contributed by atoms with E-state index in [0.717, 1.165) is 36.5 Å². The molecule has 1 fully saturated rings. The van der Waals surface area contributed by atoms with Gasteiger partial charge in [-0.25, -0.2) is 0 Å². The third-order valence-corrected chi connectivity index (χ3v) is 7.08. The smallest absolute Gasteiger partial charge is 0.254 e. The molecule has 37 heavy (non-hydrogen) atoms. The molecule has 1 atom stereocenters. The van der Waals surface area contributed by atoms with Crippen LogP contribution in [-0.4, -0.2) is 71.1 Å². The van der Waals surface area contributed by atoms with E-state index in [0.29, 0.717) is 42.7 Å². The van der Waals surface area contributed by atoms with Crippen LogP contribution in [0.2, 0.25) is 5.02 Å². The minimum atomic E-state index is -0.143. The van der Waals surface area contributed by atoms with Crippen LogP contribution < -0.4 is 4.90 Å². The quantitative estimate of drug-likeness (QED) is 0.418. The molecule has 4 rings (SSSR count). The van der Waals surface area contributed by atoms with Crippen molar-refractivity contribution >= 4 is 29.2 Å². The first-order valence-electron chi connectivity index (χ1n) is 12.9. The predicted octanol–water partition coefficient (Wildman–Crippen LogP) is 5.02. The van der Waals surface area contributed by atoms with Crippen LogP contribution in [0.5, 0.6) is 0 Å². The summed E-state index contributed by atoms with van der Waals surface area (Å²) in [6.45, 7) is 7.48. The van der Waals surface area contributed by atoms with Gasteiger partial charge in [0.05, 0.1) is 5.69 Å². The van der Waals surface area contributed by atoms with Crippen LogP contribution in [0, 0.1) is 5.92 Å². The van der Waals surface area contributed by atoms with Crippen molar-refractivity contribution in [3.63, 3.8) is 0 Å². The van der Waals surface area contributed by atoms with Crippen LogP contribution in [0.1, 0.15) is 37.0 Å². The van der Waals surface area contributed by atoms with Gasteiger partial charge in [0.1, 0.15) is 6.54 Å². The van der Waals surface area contributed by atoms with Gasteiger partial charge in [-0.1, -0.05) is 62.2 Å². The fourth-order valence-electron chi connectivity index (χ4n) is 4.42. The third-order valence-electron chi connectivity index (χ3n) is 6.83. The number of anilines is 1. The molecule has 194 valence electrons. The molecular weight excluding hydrogens is 486 g/mol. The van der Waals surface area contributed by atoms with Gasteiger partial charge >= 0.3 is 0 Å². The van der Waals surface area contributed by atoms with Gasteiger partial charge in [-0.05, 0) is 48.7 Å². The standard InChI is InChI=1S/C29H34ClN5O2/c1-3-22(2)20-35(29(37)24-10-12-25(30)13-11-24)21-28(36)34-17-7-16-33(18-19-34)27-15-14-26(31-32-27)23-8-5-4-6-9-23/h4-6,8-15,22H,3,7,16-21H2,1-2H3/t22-/m1/s1. The zero-order valence-electron chi connectivity index (χ0n) is 21.5. The number of benzene rings is 2. The third kappa shape index (κ3) is 7.07. The molecule has 0 saturated carbocycles. The summed E-state index contributed by atoms with van der Waals surface area (Å²) in [6.07, 6.45) is 1.76. The topological polar surface area (TPSA) is 69.6 Å². The normalized spacial score (nSPS) is 14.7. The zero-order valence-corrected chi connectivity index (χ0v) is 22.3. The second-order valence-corrected chi connectivity index (χ2v) is 10.0. The summed E-state index contributed by atoms with van der Waals surface area (Å²) in [6, 6.07) is 20.8. The molecule has 1 saturated heterocycles. The Morgan fingerprint density at radius 1 is 0.946 bits per heavy atom. The molecule has 2 amide bonds. The molecule has 7 nitrogen and oxygen atoms in total. The van der Waals surface area contributed by atoms with Gasteiger partial charge in [-0.2, -0.15) is 0 Å². The van der Waals surface area contributed by atoms with E-state index < -0.39 is 0 Å². The van der Waals surface area contributed by atoms with Crippen LogP contribution in [0.3, 0.4) is 0 Å². The first-order chi connectivity index (χ1) is 17.9. The highest BCUT2D eigenvalue weighted by Crippen LogP contribution is 2.20. The van der Waals surface area contributed by atoms with E-state index in [4.69, 9.17) is 11.6 Å². The number of rotatable bonds is 8. The van der Waals surface area contributed by atoms with Crippen molar-refractivity contribution in [1.82, 2.24) is 20.0 Å². The molecule has 0 N–H and O–H groups in total. The van der Waals surface area contributed by atoms with Crippen LogP contribution in [0.25, 0.3) is 11.3 Å². The molecule has 0 radical (unpaired) electrons. The maximum absolute atomic E-state index is 13.3. The highest BCUT2D eigenvalue weighted by atomic mass is 35.5. The van der Waals surface area contributed by atoms with Gasteiger partial charge in [0.15, 0.2) is 5.82 Å². The lowest BCUT2D eigenvalue weighted by Crippen LogP contribution is -2.45. The van der Waals surface area contributed by atoms with E-state index in [1.807, 2.05) is 47.4 Å². The molecule has 1 aromatic heterocycles. The van der Waals surface area contributed by atoms with Crippen molar-refractivity contribution in [2.75, 3.05) is 44.2 Å². The lowest BCUT2D eigenvalue weighted by molar-refractivity contribution is -0.131. The first kappa shape index (κ1) is 26.6. The van der Waals surface area contributed by atoms with Crippen molar-refractivity contribution in [2.45, 2.75) is 26.7 Å². The van der Waals surface area contributed by atoms with E-state index in [1.165, 1.54) is 0 Å². The molecule has 3 aromatic rings. The van der Waals surface area contributed by atoms with Gasteiger partial charge in [0.25, 0.3) is 5.91 Å². The fourth-order valence-corrected chi connectivity index (χ4v) is 4.54. The summed E-state index contributed by atoms with van der Waals surface area (Å²) >= 11 is 6.00. The van der Waals surface area contributed by atoms with Gasteiger partial charge < -0.3 is 14.7 Å². The Morgan fingerprint density at radius 3 is 2.38 bits per heavy atom. The Kier molecular flexibility index (Phi) is 9.12. The molecule has 0 aliphatic carbocycles. The lowest BCUT2D eigenvalue weighted by atomic mass is 10.1. The Balaban J connectivity index is 1.39. The number of halogens is 1. The monoisotopic (exact) mass is 519 g/mol. The molecule has 8 heteroatoms. The molecule has 0 spiro atoms. The van der Waals surface area contributed by atoms with E-state index in [2.05, 4.69) is 28.9 Å². The van der Waals surface area contributed by atoms with Gasteiger partial charge in [0.2, 0.25) is 5.91 Å². The van der Waals surface area contributed by atoms with Crippen LogP contribution in [0.15, 0.2) is 66.7 Å². The summed E-state index contributed by atoms with van der Waals surface area (Å²) in [5, 5.41) is 9.45. The number of carbonyl (C=O) groups excluding carboxylic acids is 2. The second-order valence-electron chi connectivity index (χ2n) is 9.57. The summed E-state index contributed by atoms with van der Waals surface area (Å²) < 4.78 is 0. The summed E-state index contributed by atoms with van der Waals surface area (Å²) in [7, 11) is 0. The van der Waals surface area contributed by atoms with E-state index >= 15 is 0 Å². The Labute approximate surface area is 224 Å². The highest BCUT2D eigenvalue weighted by molar-refractivity contribution is 6.30. The molecule has 0 bridgehead atoms. The maximum Gasteiger partial charge on any atom is 0.254 e. The van der Waals surface area contributed by atoms with Gasteiger partial charge in [-0.15, -0.1) is 10.2 Å². The molecule has 1 aliphatic heterocycles. The Hall–Kier alpha value is -3.45. The minimum absolute atomic E-state index is 0.0297. The van der Waals surface area contributed by atoms with E-state index in [-0.39, 0.29) is 18.4 Å². The number of hydrogen-bond acceptors (Lipinski definition) is 5. The van der Waals surface area contributed by atoms with Crippen LogP contribution in [-0.2, 0) is 4.79 Å². The van der Waals surface area contributed by atoms with Crippen LogP contribution >= 0.6 is 11.6 Å².